The van der Waals surface area contributed by atoms with Crippen LogP contribution in [0.4, 0.5) is 0 Å². The summed E-state index contributed by atoms with van der Waals surface area (Å²) in [5.74, 6) is 0.333. The summed E-state index contributed by atoms with van der Waals surface area (Å²) in [5, 5.41) is 0. The maximum Gasteiger partial charge on any atom is 0.289 e. The summed E-state index contributed by atoms with van der Waals surface area (Å²) < 4.78 is 5.69. The van der Waals surface area contributed by atoms with E-state index in [0.717, 1.165) is 43.9 Å². The molecular weight excluding hydrogens is 314 g/mol. The number of rotatable bonds is 3. The van der Waals surface area contributed by atoms with Gasteiger partial charge in [-0.1, -0.05) is 30.3 Å². The number of hydrogen-bond donors (Lipinski definition) is 0. The van der Waals surface area contributed by atoms with E-state index in [-0.39, 0.29) is 5.91 Å². The second kappa shape index (κ2) is 6.69. The Bertz CT molecular complexity index is 880. The first-order chi connectivity index (χ1) is 12.2. The van der Waals surface area contributed by atoms with E-state index in [2.05, 4.69) is 34.1 Å². The van der Waals surface area contributed by atoms with Crippen molar-refractivity contribution in [3.8, 4) is 0 Å². The largest absolute Gasteiger partial charge is 0.449 e. The maximum atomic E-state index is 12.7. The molecule has 1 aromatic carbocycles. The Balaban J connectivity index is 1.40. The van der Waals surface area contributed by atoms with Gasteiger partial charge in [-0.3, -0.25) is 9.69 Å². The number of pyridine rings is 1. The van der Waals surface area contributed by atoms with E-state index in [1.54, 1.807) is 6.07 Å². The molecule has 0 aliphatic carbocycles. The van der Waals surface area contributed by atoms with E-state index in [0.29, 0.717) is 11.3 Å². The molecule has 3 aromatic rings. The molecular formula is C20H21N3O2. The SMILES string of the molecule is Cc1ccc2oc(C(=O)N3CCN(Cc4ccccc4)CC3)cc2n1. The minimum atomic E-state index is -0.0463. The fourth-order valence-electron chi connectivity index (χ4n) is 3.24. The van der Waals surface area contributed by atoms with Crippen LogP contribution < -0.4 is 0 Å². The fourth-order valence-corrected chi connectivity index (χ4v) is 3.24. The van der Waals surface area contributed by atoms with Crippen LogP contribution >= 0.6 is 0 Å². The van der Waals surface area contributed by atoms with Gasteiger partial charge in [-0.2, -0.15) is 0 Å². The Morgan fingerprint density at radius 3 is 2.60 bits per heavy atom. The molecule has 1 aliphatic rings. The lowest BCUT2D eigenvalue weighted by atomic mass is 10.2. The van der Waals surface area contributed by atoms with Gasteiger partial charge in [0.25, 0.3) is 5.91 Å². The molecule has 1 aliphatic heterocycles. The highest BCUT2D eigenvalue weighted by atomic mass is 16.3. The van der Waals surface area contributed by atoms with Crippen molar-refractivity contribution in [2.75, 3.05) is 26.2 Å². The lowest BCUT2D eigenvalue weighted by molar-refractivity contribution is 0.0600. The van der Waals surface area contributed by atoms with Crippen molar-refractivity contribution in [1.29, 1.82) is 0 Å². The molecule has 0 saturated carbocycles. The predicted octanol–water partition coefficient (Wildman–Crippen LogP) is 3.09. The van der Waals surface area contributed by atoms with Gasteiger partial charge in [0.1, 0.15) is 5.52 Å². The Morgan fingerprint density at radius 1 is 1.08 bits per heavy atom. The molecule has 0 radical (unpaired) electrons. The number of amides is 1. The molecule has 0 spiro atoms. The summed E-state index contributed by atoms with van der Waals surface area (Å²) in [6.45, 7) is 6.04. The summed E-state index contributed by atoms with van der Waals surface area (Å²) >= 11 is 0. The number of benzene rings is 1. The van der Waals surface area contributed by atoms with Gasteiger partial charge in [-0.15, -0.1) is 0 Å². The summed E-state index contributed by atoms with van der Waals surface area (Å²) in [6, 6.07) is 15.9. The van der Waals surface area contributed by atoms with E-state index in [9.17, 15) is 4.79 Å². The maximum absolute atomic E-state index is 12.7. The fraction of sp³-hybridized carbons (Fsp3) is 0.300. The number of hydrogen-bond acceptors (Lipinski definition) is 4. The van der Waals surface area contributed by atoms with E-state index < -0.39 is 0 Å². The van der Waals surface area contributed by atoms with Crippen LogP contribution in [0.25, 0.3) is 11.1 Å². The van der Waals surface area contributed by atoms with Crippen molar-refractivity contribution >= 4 is 17.0 Å². The van der Waals surface area contributed by atoms with Crippen LogP contribution in [-0.2, 0) is 6.54 Å². The number of aromatic nitrogens is 1. The number of carbonyl (C=O) groups is 1. The number of nitrogens with zero attached hydrogens (tertiary/aromatic N) is 3. The third-order valence-electron chi connectivity index (χ3n) is 4.63. The molecule has 1 amide bonds. The first kappa shape index (κ1) is 15.8. The van der Waals surface area contributed by atoms with Crippen LogP contribution in [0, 0.1) is 6.92 Å². The van der Waals surface area contributed by atoms with E-state index >= 15 is 0 Å². The number of furan rings is 1. The number of carbonyl (C=O) groups excluding carboxylic acids is 1. The van der Waals surface area contributed by atoms with Gasteiger partial charge in [0.2, 0.25) is 0 Å². The summed E-state index contributed by atoms with van der Waals surface area (Å²) in [5.41, 5.74) is 3.63. The number of aryl methyl sites for hydroxylation is 1. The number of fused-ring (bicyclic) bond motifs is 1. The van der Waals surface area contributed by atoms with Gasteiger partial charge < -0.3 is 9.32 Å². The molecule has 25 heavy (non-hydrogen) atoms. The van der Waals surface area contributed by atoms with Gasteiger partial charge >= 0.3 is 0 Å². The minimum Gasteiger partial charge on any atom is -0.449 e. The Labute approximate surface area is 146 Å². The highest BCUT2D eigenvalue weighted by Gasteiger charge is 2.24. The molecule has 3 heterocycles. The zero-order valence-electron chi connectivity index (χ0n) is 14.3. The van der Waals surface area contributed by atoms with Gasteiger partial charge in [0.15, 0.2) is 11.3 Å². The molecule has 0 atom stereocenters. The summed E-state index contributed by atoms with van der Waals surface area (Å²) in [4.78, 5) is 21.4. The van der Waals surface area contributed by atoms with E-state index in [4.69, 9.17) is 4.42 Å². The van der Waals surface area contributed by atoms with Crippen molar-refractivity contribution in [2.45, 2.75) is 13.5 Å². The molecule has 1 saturated heterocycles. The van der Waals surface area contributed by atoms with Gasteiger partial charge in [0, 0.05) is 44.5 Å². The quantitative estimate of drug-likeness (QED) is 0.738. The van der Waals surface area contributed by atoms with Crippen molar-refractivity contribution < 1.29 is 9.21 Å². The Hall–Kier alpha value is -2.66. The monoisotopic (exact) mass is 335 g/mol. The van der Waals surface area contributed by atoms with E-state index in [1.165, 1.54) is 5.56 Å². The molecule has 0 bridgehead atoms. The van der Waals surface area contributed by atoms with Crippen LogP contribution in [0.3, 0.4) is 0 Å². The normalized spacial score (nSPS) is 15.6. The average Bonchev–Trinajstić information content (AvgIpc) is 3.06. The summed E-state index contributed by atoms with van der Waals surface area (Å²) in [6.07, 6.45) is 0. The van der Waals surface area contributed by atoms with Crippen molar-refractivity contribution in [1.82, 2.24) is 14.8 Å². The van der Waals surface area contributed by atoms with Gasteiger partial charge in [0.05, 0.1) is 0 Å². The smallest absolute Gasteiger partial charge is 0.289 e. The lowest BCUT2D eigenvalue weighted by Gasteiger charge is -2.34. The number of piperazine rings is 1. The Morgan fingerprint density at radius 2 is 1.84 bits per heavy atom. The molecule has 1 fully saturated rings. The molecule has 0 unspecified atom stereocenters. The molecule has 2 aromatic heterocycles. The molecule has 128 valence electrons. The molecule has 4 rings (SSSR count). The zero-order valence-corrected chi connectivity index (χ0v) is 14.3. The Kier molecular flexibility index (Phi) is 4.24. The predicted molar refractivity (Wildman–Crippen MR) is 96.4 cm³/mol. The third-order valence-corrected chi connectivity index (χ3v) is 4.63. The summed E-state index contributed by atoms with van der Waals surface area (Å²) in [7, 11) is 0. The standard InChI is InChI=1S/C20H21N3O2/c1-15-7-8-18-17(21-15)13-19(25-18)20(24)23-11-9-22(10-12-23)14-16-5-3-2-4-6-16/h2-8,13H,9-12,14H2,1H3. The van der Waals surface area contributed by atoms with Crippen LogP contribution in [0.5, 0.6) is 0 Å². The van der Waals surface area contributed by atoms with Gasteiger partial charge in [-0.25, -0.2) is 4.98 Å². The topological polar surface area (TPSA) is 49.6 Å². The highest BCUT2D eigenvalue weighted by molar-refractivity contribution is 5.95. The first-order valence-electron chi connectivity index (χ1n) is 8.62. The second-order valence-corrected chi connectivity index (χ2v) is 6.50. The van der Waals surface area contributed by atoms with Crippen LogP contribution in [0.1, 0.15) is 21.8 Å². The van der Waals surface area contributed by atoms with Crippen molar-refractivity contribution in [3.63, 3.8) is 0 Å². The molecule has 0 N–H and O–H groups in total. The minimum absolute atomic E-state index is 0.0463. The third kappa shape index (κ3) is 3.42. The van der Waals surface area contributed by atoms with Crippen LogP contribution in [-0.4, -0.2) is 46.9 Å². The lowest BCUT2D eigenvalue weighted by Crippen LogP contribution is -2.48. The first-order valence-corrected chi connectivity index (χ1v) is 8.62. The van der Waals surface area contributed by atoms with Crippen LogP contribution in [0.2, 0.25) is 0 Å². The van der Waals surface area contributed by atoms with Crippen LogP contribution in [0.15, 0.2) is 52.9 Å². The highest BCUT2D eigenvalue weighted by Crippen LogP contribution is 2.20. The zero-order chi connectivity index (χ0) is 17.2. The average molecular weight is 335 g/mol. The van der Waals surface area contributed by atoms with Crippen molar-refractivity contribution in [2.24, 2.45) is 0 Å². The molecule has 5 heteroatoms. The second-order valence-electron chi connectivity index (χ2n) is 6.50. The van der Waals surface area contributed by atoms with Gasteiger partial charge in [-0.05, 0) is 24.6 Å². The van der Waals surface area contributed by atoms with E-state index in [1.807, 2.05) is 30.0 Å². The van der Waals surface area contributed by atoms with Crippen molar-refractivity contribution in [3.05, 3.63) is 65.5 Å². The molecule has 5 nitrogen and oxygen atoms in total.